The largest absolute Gasteiger partial charge is 0.539 e. The topological polar surface area (TPSA) is 102 Å². The van der Waals surface area contributed by atoms with Crippen LogP contribution in [0.1, 0.15) is 37.7 Å². The molecule has 2 unspecified atom stereocenters. The summed E-state index contributed by atoms with van der Waals surface area (Å²) in [7, 11) is 0. The van der Waals surface area contributed by atoms with Gasteiger partial charge in [0.05, 0.1) is 19.0 Å². The first-order valence-corrected chi connectivity index (χ1v) is 10.1. The minimum Gasteiger partial charge on any atom is -0.539 e. The van der Waals surface area contributed by atoms with Gasteiger partial charge in [0.25, 0.3) is 0 Å². The minimum absolute atomic E-state index is 0.212. The molecule has 1 aromatic rings. The zero-order valence-electron chi connectivity index (χ0n) is 15.9. The number of benzene rings is 1. The van der Waals surface area contributed by atoms with Crippen molar-refractivity contribution < 1.29 is 29.5 Å². The maximum Gasteiger partial charge on any atom is 0.351 e. The highest BCUT2D eigenvalue weighted by molar-refractivity contribution is 6.31. The molecule has 0 bridgehead atoms. The van der Waals surface area contributed by atoms with E-state index < -0.39 is 11.9 Å². The molecule has 2 atom stereocenters. The third-order valence-corrected chi connectivity index (χ3v) is 5.58. The lowest BCUT2D eigenvalue weighted by atomic mass is 9.95. The van der Waals surface area contributed by atoms with Gasteiger partial charge in [0.15, 0.2) is 5.97 Å². The third-order valence-electron chi connectivity index (χ3n) is 5.21. The number of carbonyl (C=O) groups excluding carboxylic acids is 2. The van der Waals surface area contributed by atoms with E-state index in [1.54, 1.807) is 0 Å². The van der Waals surface area contributed by atoms with Crippen LogP contribution < -0.4 is 10.0 Å². The third kappa shape index (κ3) is 6.80. The fourth-order valence-electron chi connectivity index (χ4n) is 3.81. The minimum atomic E-state index is -2.07. The van der Waals surface area contributed by atoms with Crippen molar-refractivity contribution in [2.24, 2.45) is 5.92 Å². The Morgan fingerprint density at radius 2 is 1.79 bits per heavy atom. The predicted octanol–water partition coefficient (Wildman–Crippen LogP) is -0.0317. The summed E-state index contributed by atoms with van der Waals surface area (Å²) >= 11 is 6.28. The highest BCUT2D eigenvalue weighted by atomic mass is 35.5. The fourth-order valence-corrected chi connectivity index (χ4v) is 4.01. The van der Waals surface area contributed by atoms with Crippen LogP contribution in [0, 0.1) is 5.92 Å². The summed E-state index contributed by atoms with van der Waals surface area (Å²) in [4.78, 5) is 34.3. The molecule has 2 N–H and O–H groups in total. The first-order chi connectivity index (χ1) is 13.4. The Labute approximate surface area is 169 Å². The molecule has 2 fully saturated rings. The lowest BCUT2D eigenvalue weighted by Gasteiger charge is -2.34. The van der Waals surface area contributed by atoms with Gasteiger partial charge in [-0.1, -0.05) is 29.8 Å². The van der Waals surface area contributed by atoms with E-state index in [1.165, 1.54) is 29.7 Å². The van der Waals surface area contributed by atoms with Crippen molar-refractivity contribution in [2.45, 2.75) is 38.6 Å². The van der Waals surface area contributed by atoms with Crippen LogP contribution in [0.15, 0.2) is 24.3 Å². The Kier molecular flexibility index (Phi) is 8.73. The van der Waals surface area contributed by atoms with Gasteiger partial charge in [-0.15, -0.1) is 0 Å². The second-order valence-electron chi connectivity index (χ2n) is 7.29. The summed E-state index contributed by atoms with van der Waals surface area (Å²) in [5.74, 6) is -3.40. The second kappa shape index (κ2) is 11.0. The first-order valence-electron chi connectivity index (χ1n) is 9.68. The average molecular weight is 411 g/mol. The summed E-state index contributed by atoms with van der Waals surface area (Å²) in [5.41, 5.74) is 1.20. The van der Waals surface area contributed by atoms with E-state index in [0.29, 0.717) is 5.91 Å². The van der Waals surface area contributed by atoms with E-state index in [2.05, 4.69) is 11.0 Å². The molecule has 0 radical (unpaired) electrons. The lowest BCUT2D eigenvalue weighted by molar-refractivity contribution is -0.921. The molecule has 8 heteroatoms. The summed E-state index contributed by atoms with van der Waals surface area (Å²) in [6.07, 6.45) is 5.83. The first kappa shape index (κ1) is 22.2. The maximum atomic E-state index is 12.7. The van der Waals surface area contributed by atoms with E-state index >= 15 is 0 Å². The number of aliphatic carboxylic acids is 2. The molecule has 154 valence electrons. The second-order valence-corrected chi connectivity index (χ2v) is 7.70. The molecule has 2 saturated heterocycles. The number of likely N-dealkylation sites (tertiary alicyclic amines) is 2. The van der Waals surface area contributed by atoms with Crippen LogP contribution in [0.5, 0.6) is 0 Å². The normalized spacial score (nSPS) is 22.0. The van der Waals surface area contributed by atoms with Crippen molar-refractivity contribution in [3.8, 4) is 0 Å². The van der Waals surface area contributed by atoms with E-state index in [9.17, 15) is 4.79 Å². The van der Waals surface area contributed by atoms with Crippen molar-refractivity contribution >= 4 is 29.4 Å². The SMILES string of the molecule is O=C(C1CCC[NH+](Cc2ccccc2Cl)C1)N1CCCCC1.O=C([O-])C(=O)O. The van der Waals surface area contributed by atoms with Gasteiger partial charge in [0.2, 0.25) is 5.91 Å². The Balaban J connectivity index is 0.000000409. The van der Waals surface area contributed by atoms with Crippen molar-refractivity contribution in [3.05, 3.63) is 34.9 Å². The van der Waals surface area contributed by atoms with Crippen LogP contribution in [-0.4, -0.2) is 54.0 Å². The highest BCUT2D eigenvalue weighted by Gasteiger charge is 2.32. The molecule has 28 heavy (non-hydrogen) atoms. The zero-order valence-corrected chi connectivity index (χ0v) is 16.6. The van der Waals surface area contributed by atoms with Crippen molar-refractivity contribution in [1.82, 2.24) is 4.90 Å². The molecule has 0 aromatic heterocycles. The molecular formula is C20H27ClN2O5. The van der Waals surface area contributed by atoms with Gasteiger partial charge in [-0.25, -0.2) is 4.79 Å². The van der Waals surface area contributed by atoms with Crippen LogP contribution >= 0.6 is 11.6 Å². The average Bonchev–Trinajstić information content (AvgIpc) is 2.70. The molecule has 1 amide bonds. The summed E-state index contributed by atoms with van der Waals surface area (Å²) in [5, 5.41) is 17.2. The smallest absolute Gasteiger partial charge is 0.351 e. The Morgan fingerprint density at radius 1 is 1.14 bits per heavy atom. The number of carboxylic acids is 2. The van der Waals surface area contributed by atoms with Crippen molar-refractivity contribution in [3.63, 3.8) is 0 Å². The number of nitrogens with zero attached hydrogens (tertiary/aromatic N) is 1. The number of quaternary nitrogens is 1. The molecule has 3 rings (SSSR count). The number of carbonyl (C=O) groups is 3. The maximum absolute atomic E-state index is 12.7. The monoisotopic (exact) mass is 410 g/mol. The Hall–Kier alpha value is -2.12. The summed E-state index contributed by atoms with van der Waals surface area (Å²) in [6.45, 7) is 4.98. The standard InChI is InChI=1S/C18H25ClN2O.C2H2O4/c19-17-9-3-2-7-15(17)13-20-10-6-8-16(14-20)18(22)21-11-4-1-5-12-21;3-1(4)2(5)6/h2-3,7,9,16H,1,4-6,8,10-14H2;(H,3,4)(H,5,6). The molecule has 2 aliphatic heterocycles. The van der Waals surface area contributed by atoms with E-state index in [4.69, 9.17) is 31.4 Å². The summed E-state index contributed by atoms with van der Waals surface area (Å²) in [6, 6.07) is 8.07. The number of hydrogen-bond donors (Lipinski definition) is 2. The van der Waals surface area contributed by atoms with Crippen LogP contribution in [0.25, 0.3) is 0 Å². The van der Waals surface area contributed by atoms with E-state index in [0.717, 1.165) is 50.6 Å². The lowest BCUT2D eigenvalue weighted by Crippen LogP contribution is -3.12. The number of rotatable bonds is 3. The van der Waals surface area contributed by atoms with E-state index in [-0.39, 0.29) is 5.92 Å². The molecule has 2 heterocycles. The molecule has 2 aliphatic rings. The highest BCUT2D eigenvalue weighted by Crippen LogP contribution is 2.17. The Morgan fingerprint density at radius 3 is 2.39 bits per heavy atom. The number of hydrogen-bond acceptors (Lipinski definition) is 4. The summed E-state index contributed by atoms with van der Waals surface area (Å²) < 4.78 is 0. The van der Waals surface area contributed by atoms with Crippen LogP contribution in [0.2, 0.25) is 5.02 Å². The van der Waals surface area contributed by atoms with Gasteiger partial charge in [-0.05, 0) is 38.2 Å². The molecule has 0 saturated carbocycles. The Bertz CT molecular complexity index is 679. The number of piperidine rings is 2. The number of halogens is 1. The van der Waals surface area contributed by atoms with Crippen LogP contribution in [0.3, 0.4) is 0 Å². The van der Waals surface area contributed by atoms with Crippen LogP contribution in [-0.2, 0) is 20.9 Å². The van der Waals surface area contributed by atoms with Gasteiger partial charge in [-0.3, -0.25) is 4.79 Å². The quantitative estimate of drug-likeness (QED) is 0.681. The van der Waals surface area contributed by atoms with Gasteiger partial charge in [0, 0.05) is 23.7 Å². The number of amides is 1. The van der Waals surface area contributed by atoms with Gasteiger partial charge in [-0.2, -0.15) is 0 Å². The molecule has 7 nitrogen and oxygen atoms in total. The fraction of sp³-hybridized carbons (Fsp3) is 0.550. The van der Waals surface area contributed by atoms with Crippen molar-refractivity contribution in [1.29, 1.82) is 0 Å². The van der Waals surface area contributed by atoms with Crippen molar-refractivity contribution in [2.75, 3.05) is 26.2 Å². The van der Waals surface area contributed by atoms with Gasteiger partial charge >= 0.3 is 5.97 Å². The number of carboxylic acid groups (broad SMARTS) is 2. The van der Waals surface area contributed by atoms with E-state index in [1.807, 2.05) is 18.2 Å². The zero-order chi connectivity index (χ0) is 20.5. The molecular weight excluding hydrogens is 384 g/mol. The molecule has 0 spiro atoms. The van der Waals surface area contributed by atoms with Crippen LogP contribution in [0.4, 0.5) is 0 Å². The number of nitrogens with one attached hydrogen (secondary N) is 1. The van der Waals surface area contributed by atoms with Gasteiger partial charge < -0.3 is 24.8 Å². The van der Waals surface area contributed by atoms with Gasteiger partial charge in [0.1, 0.15) is 6.54 Å². The predicted molar refractivity (Wildman–Crippen MR) is 102 cm³/mol. The molecule has 0 aliphatic carbocycles. The molecule has 1 aromatic carbocycles.